The number of amides is 1. The summed E-state index contributed by atoms with van der Waals surface area (Å²) in [6.45, 7) is -0.0351. The summed E-state index contributed by atoms with van der Waals surface area (Å²) in [5, 5.41) is 0.506. The van der Waals surface area contributed by atoms with E-state index in [9.17, 15) is 13.2 Å². The molecule has 19 heavy (non-hydrogen) atoms. The van der Waals surface area contributed by atoms with Crippen LogP contribution in [0.25, 0.3) is 10.9 Å². The minimum Gasteiger partial charge on any atom is -0.399 e. The predicted octanol–water partition coefficient (Wildman–Crippen LogP) is -0.0962. The third-order valence-corrected chi connectivity index (χ3v) is 4.12. The second-order valence-electron chi connectivity index (χ2n) is 4.07. The van der Waals surface area contributed by atoms with Gasteiger partial charge in [-0.2, -0.15) is 0 Å². The number of fused-ring (bicyclic) bond motifs is 1. The van der Waals surface area contributed by atoms with E-state index < -0.39 is 15.9 Å². The molecule has 8 heteroatoms. The van der Waals surface area contributed by atoms with Crippen molar-refractivity contribution in [2.75, 3.05) is 12.3 Å². The first kappa shape index (κ1) is 13.4. The van der Waals surface area contributed by atoms with Gasteiger partial charge >= 0.3 is 0 Å². The van der Waals surface area contributed by atoms with E-state index in [-0.39, 0.29) is 17.9 Å². The topological polar surface area (TPSA) is 131 Å². The molecule has 1 aromatic carbocycles. The summed E-state index contributed by atoms with van der Waals surface area (Å²) in [5.74, 6) is -0.564. The predicted molar refractivity (Wildman–Crippen MR) is 71.7 cm³/mol. The summed E-state index contributed by atoms with van der Waals surface area (Å²) in [7, 11) is -3.70. The van der Waals surface area contributed by atoms with E-state index in [2.05, 4.69) is 9.71 Å². The van der Waals surface area contributed by atoms with Crippen LogP contribution in [0.1, 0.15) is 6.42 Å². The lowest BCUT2D eigenvalue weighted by molar-refractivity contribution is -0.117. The van der Waals surface area contributed by atoms with Crippen molar-refractivity contribution in [2.45, 2.75) is 11.3 Å². The van der Waals surface area contributed by atoms with Gasteiger partial charge in [0.05, 0.1) is 0 Å². The summed E-state index contributed by atoms with van der Waals surface area (Å²) >= 11 is 0. The summed E-state index contributed by atoms with van der Waals surface area (Å²) in [6, 6.07) is 4.96. The van der Waals surface area contributed by atoms with Crippen molar-refractivity contribution in [3.8, 4) is 0 Å². The van der Waals surface area contributed by atoms with Gasteiger partial charge in [0, 0.05) is 35.8 Å². The van der Waals surface area contributed by atoms with E-state index in [1.165, 1.54) is 6.20 Å². The number of anilines is 1. The molecule has 7 nitrogen and oxygen atoms in total. The van der Waals surface area contributed by atoms with Gasteiger partial charge in [0.1, 0.15) is 4.90 Å². The lowest BCUT2D eigenvalue weighted by Crippen LogP contribution is -2.27. The largest absolute Gasteiger partial charge is 0.399 e. The number of carbonyl (C=O) groups excluding carboxylic acids is 1. The molecule has 0 atom stereocenters. The zero-order chi connectivity index (χ0) is 14.0. The summed E-state index contributed by atoms with van der Waals surface area (Å²) < 4.78 is 26.5. The van der Waals surface area contributed by atoms with Crippen LogP contribution in [0, 0.1) is 0 Å². The zero-order valence-electron chi connectivity index (χ0n) is 10.0. The molecule has 1 amide bonds. The number of benzene rings is 1. The Morgan fingerprint density at radius 1 is 1.37 bits per heavy atom. The number of hydrogen-bond acceptors (Lipinski definition) is 4. The van der Waals surface area contributed by atoms with E-state index >= 15 is 0 Å². The summed E-state index contributed by atoms with van der Waals surface area (Å²) in [5.41, 5.74) is 11.7. The molecule has 0 aliphatic carbocycles. The van der Waals surface area contributed by atoms with Crippen molar-refractivity contribution in [2.24, 2.45) is 5.73 Å². The molecule has 0 bridgehead atoms. The van der Waals surface area contributed by atoms with Gasteiger partial charge < -0.3 is 16.5 Å². The van der Waals surface area contributed by atoms with E-state index in [1.54, 1.807) is 18.2 Å². The monoisotopic (exact) mass is 282 g/mol. The number of nitrogen functional groups attached to an aromatic ring is 1. The average molecular weight is 282 g/mol. The van der Waals surface area contributed by atoms with Crippen LogP contribution in [0.3, 0.4) is 0 Å². The molecule has 0 fully saturated rings. The number of rotatable bonds is 5. The Hall–Kier alpha value is -2.06. The highest BCUT2D eigenvalue weighted by atomic mass is 32.2. The number of sulfonamides is 1. The Labute approximate surface area is 110 Å². The fourth-order valence-electron chi connectivity index (χ4n) is 1.72. The number of hydrogen-bond donors (Lipinski definition) is 4. The Morgan fingerprint density at radius 3 is 2.79 bits per heavy atom. The van der Waals surface area contributed by atoms with Crippen molar-refractivity contribution in [1.82, 2.24) is 9.71 Å². The first-order valence-corrected chi connectivity index (χ1v) is 7.03. The van der Waals surface area contributed by atoms with Gasteiger partial charge in [-0.05, 0) is 18.2 Å². The number of nitrogens with one attached hydrogen (secondary N) is 2. The van der Waals surface area contributed by atoms with Gasteiger partial charge in [-0.3, -0.25) is 4.79 Å². The second kappa shape index (κ2) is 4.90. The van der Waals surface area contributed by atoms with Crippen LogP contribution in [0.4, 0.5) is 5.69 Å². The van der Waals surface area contributed by atoms with Gasteiger partial charge in [0.15, 0.2) is 0 Å². The van der Waals surface area contributed by atoms with E-state index in [4.69, 9.17) is 11.5 Å². The molecule has 6 N–H and O–H groups in total. The van der Waals surface area contributed by atoms with Crippen molar-refractivity contribution >= 4 is 32.5 Å². The lowest BCUT2D eigenvalue weighted by Gasteiger charge is -2.04. The fraction of sp³-hybridized carbons (Fsp3) is 0.182. The molecule has 0 unspecified atom stereocenters. The Kier molecular flexibility index (Phi) is 3.45. The average Bonchev–Trinajstić information content (AvgIpc) is 2.71. The fourth-order valence-corrected chi connectivity index (χ4v) is 2.92. The zero-order valence-corrected chi connectivity index (χ0v) is 10.8. The Morgan fingerprint density at radius 2 is 2.11 bits per heavy atom. The van der Waals surface area contributed by atoms with Gasteiger partial charge in [-0.25, -0.2) is 13.1 Å². The molecule has 0 aliphatic heterocycles. The lowest BCUT2D eigenvalue weighted by atomic mass is 10.2. The molecular formula is C11H14N4O3S. The minimum atomic E-state index is -3.70. The van der Waals surface area contributed by atoms with E-state index in [0.29, 0.717) is 16.6 Å². The molecule has 0 radical (unpaired) electrons. The minimum absolute atomic E-state index is 0.0351. The number of H-pyrrole nitrogens is 1. The molecule has 2 rings (SSSR count). The van der Waals surface area contributed by atoms with Crippen molar-refractivity contribution < 1.29 is 13.2 Å². The van der Waals surface area contributed by atoms with E-state index in [1.807, 2.05) is 0 Å². The van der Waals surface area contributed by atoms with Crippen LogP contribution in [-0.2, 0) is 14.8 Å². The van der Waals surface area contributed by atoms with E-state index in [0.717, 1.165) is 0 Å². The Balaban J connectivity index is 2.32. The normalized spacial score (nSPS) is 11.8. The number of nitrogens with two attached hydrogens (primary N) is 2. The van der Waals surface area contributed by atoms with Crippen LogP contribution >= 0.6 is 0 Å². The molecule has 0 saturated heterocycles. The molecule has 2 aromatic rings. The maximum absolute atomic E-state index is 12.1. The van der Waals surface area contributed by atoms with Crippen LogP contribution in [0.5, 0.6) is 0 Å². The third kappa shape index (κ3) is 2.85. The van der Waals surface area contributed by atoms with Crippen molar-refractivity contribution in [3.63, 3.8) is 0 Å². The van der Waals surface area contributed by atoms with Crippen LogP contribution < -0.4 is 16.2 Å². The number of primary amides is 1. The Bertz CT molecular complexity index is 721. The number of aromatic amines is 1. The second-order valence-corrected chi connectivity index (χ2v) is 5.81. The van der Waals surface area contributed by atoms with Crippen molar-refractivity contribution in [3.05, 3.63) is 24.4 Å². The highest BCUT2D eigenvalue weighted by Crippen LogP contribution is 2.24. The molecule has 1 aromatic heterocycles. The molecule has 1 heterocycles. The first-order valence-electron chi connectivity index (χ1n) is 5.55. The van der Waals surface area contributed by atoms with Gasteiger partial charge in [0.25, 0.3) is 0 Å². The maximum Gasteiger partial charge on any atom is 0.242 e. The van der Waals surface area contributed by atoms with Gasteiger partial charge in [-0.1, -0.05) is 0 Å². The number of carbonyl (C=O) groups is 1. The van der Waals surface area contributed by atoms with Gasteiger partial charge in [-0.15, -0.1) is 0 Å². The summed E-state index contributed by atoms with van der Waals surface area (Å²) in [4.78, 5) is 13.5. The maximum atomic E-state index is 12.1. The quantitative estimate of drug-likeness (QED) is 0.570. The smallest absolute Gasteiger partial charge is 0.242 e. The molecule has 0 saturated carbocycles. The molecule has 0 spiro atoms. The SMILES string of the molecule is NC(=O)CCNS(=O)(=O)c1c[nH]c2ccc(N)cc12. The highest BCUT2D eigenvalue weighted by Gasteiger charge is 2.18. The van der Waals surface area contributed by atoms with Crippen LogP contribution in [0.2, 0.25) is 0 Å². The highest BCUT2D eigenvalue weighted by molar-refractivity contribution is 7.89. The van der Waals surface area contributed by atoms with Crippen LogP contribution in [-0.4, -0.2) is 25.9 Å². The van der Waals surface area contributed by atoms with Crippen molar-refractivity contribution in [1.29, 1.82) is 0 Å². The third-order valence-electron chi connectivity index (χ3n) is 2.62. The van der Waals surface area contributed by atoms with Crippen LogP contribution in [0.15, 0.2) is 29.3 Å². The summed E-state index contributed by atoms with van der Waals surface area (Å²) in [6.07, 6.45) is 1.33. The number of aromatic nitrogens is 1. The molecule has 102 valence electrons. The molecule has 0 aliphatic rings. The van der Waals surface area contributed by atoms with Gasteiger partial charge in [0.2, 0.25) is 15.9 Å². The molecular weight excluding hydrogens is 268 g/mol. The standard InChI is InChI=1S/C11H14N4O3S/c12-7-1-2-9-8(5-7)10(6-14-9)19(17,18)15-4-3-11(13)16/h1-2,5-6,14-15H,3-4,12H2,(H2,13,16). The first-order chi connectivity index (χ1) is 8.90.